The van der Waals surface area contributed by atoms with Gasteiger partial charge in [0.05, 0.1) is 18.4 Å². The van der Waals surface area contributed by atoms with Crippen LogP contribution in [0.3, 0.4) is 0 Å². The highest BCUT2D eigenvalue weighted by atomic mass is 16.7. The smallest absolute Gasteiger partial charge is 0.347 e. The van der Waals surface area contributed by atoms with Crippen molar-refractivity contribution in [3.8, 4) is 0 Å². The molecular formula is C15H20O6. The molecule has 21 heavy (non-hydrogen) atoms. The molecule has 3 rings (SSSR count). The summed E-state index contributed by atoms with van der Waals surface area (Å²) in [4.78, 5) is 12.1. The monoisotopic (exact) mass is 296 g/mol. The van der Waals surface area contributed by atoms with E-state index in [1.54, 1.807) is 6.08 Å². The number of fused-ring (bicyclic) bond motifs is 1. The highest BCUT2D eigenvalue weighted by molar-refractivity contribution is 5.85. The third kappa shape index (κ3) is 1.89. The second kappa shape index (κ2) is 5.03. The van der Waals surface area contributed by atoms with E-state index in [0.717, 1.165) is 19.3 Å². The molecule has 3 aliphatic rings. The van der Waals surface area contributed by atoms with E-state index in [0.29, 0.717) is 6.42 Å². The van der Waals surface area contributed by atoms with E-state index < -0.39 is 29.4 Å². The van der Waals surface area contributed by atoms with Crippen LogP contribution in [0.25, 0.3) is 0 Å². The van der Waals surface area contributed by atoms with Gasteiger partial charge < -0.3 is 24.4 Å². The van der Waals surface area contributed by atoms with Gasteiger partial charge in [0.25, 0.3) is 5.79 Å². The van der Waals surface area contributed by atoms with Gasteiger partial charge in [-0.05, 0) is 25.0 Å². The molecule has 1 fully saturated rings. The summed E-state index contributed by atoms with van der Waals surface area (Å²) >= 11 is 0. The van der Waals surface area contributed by atoms with E-state index in [1.165, 1.54) is 18.6 Å². The summed E-state index contributed by atoms with van der Waals surface area (Å²) in [6.45, 7) is 2.10. The highest BCUT2D eigenvalue weighted by Gasteiger charge is 2.74. The number of carbonyl (C=O) groups excluding carboxylic acids is 1. The third-order valence-corrected chi connectivity index (χ3v) is 4.49. The average molecular weight is 296 g/mol. The molecule has 6 nitrogen and oxygen atoms in total. The van der Waals surface area contributed by atoms with Gasteiger partial charge >= 0.3 is 5.97 Å². The zero-order valence-electron chi connectivity index (χ0n) is 11.9. The van der Waals surface area contributed by atoms with Crippen LogP contribution in [0, 0.1) is 5.92 Å². The number of ether oxygens (including phenoxy) is 3. The minimum absolute atomic E-state index is 0.374. The van der Waals surface area contributed by atoms with Gasteiger partial charge in [-0.15, -0.1) is 0 Å². The lowest BCUT2D eigenvalue weighted by Crippen LogP contribution is -2.63. The Morgan fingerprint density at radius 1 is 1.24 bits per heavy atom. The van der Waals surface area contributed by atoms with Gasteiger partial charge in [0, 0.05) is 0 Å². The molecule has 1 saturated heterocycles. The Labute approximate surface area is 123 Å². The van der Waals surface area contributed by atoms with Crippen molar-refractivity contribution in [1.29, 1.82) is 0 Å². The van der Waals surface area contributed by atoms with E-state index in [1.807, 2.05) is 0 Å². The maximum Gasteiger partial charge on any atom is 0.347 e. The topological polar surface area (TPSA) is 85.2 Å². The minimum Gasteiger partial charge on any atom is -0.498 e. The zero-order chi connectivity index (χ0) is 15.1. The van der Waals surface area contributed by atoms with Gasteiger partial charge in [-0.3, -0.25) is 0 Å². The SMILES string of the molecule is CCCCCC1OC=CC1C1(O)C(=O)OC2C=COC21O. The first kappa shape index (κ1) is 14.4. The number of aliphatic hydroxyl groups is 2. The fourth-order valence-electron chi connectivity index (χ4n) is 3.25. The largest absolute Gasteiger partial charge is 0.498 e. The lowest BCUT2D eigenvalue weighted by Gasteiger charge is -2.37. The molecule has 6 heteroatoms. The Bertz CT molecular complexity index is 487. The molecule has 3 aliphatic heterocycles. The predicted octanol–water partition coefficient (Wildman–Crippen LogP) is 0.984. The van der Waals surface area contributed by atoms with Crippen molar-refractivity contribution in [2.75, 3.05) is 0 Å². The van der Waals surface area contributed by atoms with Crippen LogP contribution in [0.15, 0.2) is 24.7 Å². The van der Waals surface area contributed by atoms with Gasteiger partial charge in [0.15, 0.2) is 6.10 Å². The maximum absolute atomic E-state index is 12.1. The Balaban J connectivity index is 1.83. The van der Waals surface area contributed by atoms with Crippen LogP contribution in [-0.4, -0.2) is 39.8 Å². The van der Waals surface area contributed by atoms with Gasteiger partial charge in [-0.25, -0.2) is 4.79 Å². The first-order valence-corrected chi connectivity index (χ1v) is 7.36. The number of hydrogen-bond acceptors (Lipinski definition) is 6. The number of esters is 1. The predicted molar refractivity (Wildman–Crippen MR) is 71.6 cm³/mol. The molecule has 0 aromatic rings. The summed E-state index contributed by atoms with van der Waals surface area (Å²) in [5.41, 5.74) is -2.16. The van der Waals surface area contributed by atoms with Crippen LogP contribution in [0.5, 0.6) is 0 Å². The van der Waals surface area contributed by atoms with Gasteiger partial charge in [0.2, 0.25) is 5.60 Å². The summed E-state index contributed by atoms with van der Waals surface area (Å²) in [5, 5.41) is 21.5. The number of carbonyl (C=O) groups is 1. The quantitative estimate of drug-likeness (QED) is 0.581. The Hall–Kier alpha value is -1.53. The molecule has 0 amide bonds. The van der Waals surface area contributed by atoms with Crippen molar-refractivity contribution >= 4 is 5.97 Å². The molecule has 0 saturated carbocycles. The number of rotatable bonds is 5. The Kier molecular flexibility index (Phi) is 3.45. The van der Waals surface area contributed by atoms with Crippen LogP contribution in [0.1, 0.15) is 32.6 Å². The van der Waals surface area contributed by atoms with Crippen molar-refractivity contribution in [1.82, 2.24) is 0 Å². The maximum atomic E-state index is 12.1. The van der Waals surface area contributed by atoms with Crippen molar-refractivity contribution < 1.29 is 29.2 Å². The molecule has 0 bridgehead atoms. The van der Waals surface area contributed by atoms with Crippen LogP contribution in [0.2, 0.25) is 0 Å². The third-order valence-electron chi connectivity index (χ3n) is 4.49. The lowest BCUT2D eigenvalue weighted by molar-refractivity contribution is -0.266. The van der Waals surface area contributed by atoms with E-state index in [2.05, 4.69) is 6.92 Å². The molecule has 116 valence electrons. The minimum atomic E-state index is -2.16. The zero-order valence-corrected chi connectivity index (χ0v) is 11.9. The standard InChI is InChI=1S/C15H20O6/c1-2-3-4-5-11-10(6-8-19-11)14(17)13(16)21-12-7-9-20-15(12,14)18/h6-12,17-18H,2-5H2,1H3. The first-order valence-electron chi connectivity index (χ1n) is 7.36. The second-order valence-corrected chi connectivity index (χ2v) is 5.76. The van der Waals surface area contributed by atoms with Gasteiger partial charge in [0.1, 0.15) is 6.10 Å². The molecule has 0 aromatic carbocycles. The fourth-order valence-corrected chi connectivity index (χ4v) is 3.25. The Morgan fingerprint density at radius 2 is 2.05 bits per heavy atom. The molecule has 5 unspecified atom stereocenters. The number of unbranched alkanes of at least 4 members (excludes halogenated alkanes) is 2. The summed E-state index contributed by atoms with van der Waals surface area (Å²) in [5.74, 6) is -3.66. The van der Waals surface area contributed by atoms with E-state index in [9.17, 15) is 15.0 Å². The van der Waals surface area contributed by atoms with Crippen molar-refractivity contribution in [2.24, 2.45) is 5.92 Å². The summed E-state index contributed by atoms with van der Waals surface area (Å²) in [6.07, 6.45) is 8.08. The normalized spacial score (nSPS) is 43.6. The van der Waals surface area contributed by atoms with Crippen molar-refractivity contribution in [2.45, 2.75) is 56.2 Å². The van der Waals surface area contributed by atoms with Crippen LogP contribution < -0.4 is 0 Å². The number of hydrogen-bond donors (Lipinski definition) is 2. The molecule has 0 spiro atoms. The lowest BCUT2D eigenvalue weighted by atomic mass is 9.76. The van der Waals surface area contributed by atoms with Gasteiger partial charge in [-0.1, -0.05) is 19.8 Å². The van der Waals surface area contributed by atoms with Crippen LogP contribution >= 0.6 is 0 Å². The second-order valence-electron chi connectivity index (χ2n) is 5.76. The summed E-state index contributed by atoms with van der Waals surface area (Å²) in [6, 6.07) is 0. The van der Waals surface area contributed by atoms with E-state index >= 15 is 0 Å². The van der Waals surface area contributed by atoms with E-state index in [-0.39, 0.29) is 6.10 Å². The molecular weight excluding hydrogens is 276 g/mol. The molecule has 0 aliphatic carbocycles. The van der Waals surface area contributed by atoms with Crippen molar-refractivity contribution in [3.63, 3.8) is 0 Å². The molecule has 3 heterocycles. The first-order chi connectivity index (χ1) is 10.0. The van der Waals surface area contributed by atoms with Crippen LogP contribution in [-0.2, 0) is 19.0 Å². The van der Waals surface area contributed by atoms with E-state index in [4.69, 9.17) is 14.2 Å². The molecule has 2 N–H and O–H groups in total. The molecule has 5 atom stereocenters. The van der Waals surface area contributed by atoms with Gasteiger partial charge in [-0.2, -0.15) is 0 Å². The van der Waals surface area contributed by atoms with Crippen LogP contribution in [0.4, 0.5) is 0 Å². The summed E-state index contributed by atoms with van der Waals surface area (Å²) in [7, 11) is 0. The van der Waals surface area contributed by atoms with Crippen molar-refractivity contribution in [3.05, 3.63) is 24.7 Å². The highest BCUT2D eigenvalue weighted by Crippen LogP contribution is 2.48. The molecule has 0 radical (unpaired) electrons. The average Bonchev–Trinajstić information content (AvgIpc) is 3.10. The molecule has 0 aromatic heterocycles. The summed E-state index contributed by atoms with van der Waals surface area (Å²) < 4.78 is 15.7. The fraction of sp³-hybridized carbons (Fsp3) is 0.667. The Morgan fingerprint density at radius 3 is 2.81 bits per heavy atom.